The van der Waals surface area contributed by atoms with Crippen LogP contribution in [0.3, 0.4) is 0 Å². The lowest BCUT2D eigenvalue weighted by Gasteiger charge is -2.22. The Morgan fingerprint density at radius 1 is 1.00 bits per heavy atom. The maximum absolute atomic E-state index is 12.5. The molecule has 180 valence electrons. The van der Waals surface area contributed by atoms with Crippen LogP contribution in [-0.2, 0) is 12.8 Å². The van der Waals surface area contributed by atoms with E-state index in [9.17, 15) is 4.79 Å². The summed E-state index contributed by atoms with van der Waals surface area (Å²) in [6.45, 7) is 2.00. The van der Waals surface area contributed by atoms with Gasteiger partial charge in [-0.2, -0.15) is 0 Å². The molecule has 4 aromatic rings. The van der Waals surface area contributed by atoms with Crippen LogP contribution in [0.25, 0.3) is 27.6 Å². The molecule has 7 rings (SSSR count). The molecule has 0 saturated heterocycles. The van der Waals surface area contributed by atoms with Crippen molar-refractivity contribution in [3.63, 3.8) is 0 Å². The van der Waals surface area contributed by atoms with Crippen molar-refractivity contribution in [1.82, 2.24) is 19.9 Å². The molecule has 5 heteroatoms. The van der Waals surface area contributed by atoms with Crippen LogP contribution in [-0.4, -0.2) is 19.9 Å². The number of aromatic amines is 2. The standard InChI is InChI=1S/C31H30N4O/c1-19-32-17-29(35-19)21-6-4-20(5-7-21)23-9-10-24(27-16-31(15-26(23)27)12-2-3-13-31)22-8-11-28-25(14-22)30(36)34-18-33-28/h4-6,8-11,14,17-18,21H,2-3,7,12-13,15-16H2,1H3,(H,32,35)(H,33,34,36). The van der Waals surface area contributed by atoms with E-state index in [0.29, 0.717) is 16.7 Å². The van der Waals surface area contributed by atoms with Gasteiger partial charge in [0.25, 0.3) is 5.56 Å². The van der Waals surface area contributed by atoms with Crippen molar-refractivity contribution in [2.24, 2.45) is 5.41 Å². The zero-order chi connectivity index (χ0) is 24.3. The number of imidazole rings is 1. The van der Waals surface area contributed by atoms with Crippen LogP contribution < -0.4 is 5.56 Å². The van der Waals surface area contributed by atoms with Gasteiger partial charge in [-0.25, -0.2) is 9.97 Å². The van der Waals surface area contributed by atoms with E-state index in [1.54, 1.807) is 0 Å². The van der Waals surface area contributed by atoms with Gasteiger partial charge >= 0.3 is 0 Å². The first-order chi connectivity index (χ1) is 17.6. The molecule has 3 aliphatic carbocycles. The molecule has 0 aliphatic heterocycles. The molecule has 1 saturated carbocycles. The second-order valence-electron chi connectivity index (χ2n) is 10.9. The van der Waals surface area contributed by atoms with Crippen LogP contribution in [0, 0.1) is 12.3 Å². The van der Waals surface area contributed by atoms with Gasteiger partial charge in [-0.15, -0.1) is 0 Å². The number of nitrogens with zero attached hydrogens (tertiary/aromatic N) is 2. The molecule has 2 aromatic heterocycles. The molecule has 2 N–H and O–H groups in total. The van der Waals surface area contributed by atoms with E-state index in [1.165, 1.54) is 65.5 Å². The molecule has 36 heavy (non-hydrogen) atoms. The molecule has 0 bridgehead atoms. The summed E-state index contributed by atoms with van der Waals surface area (Å²) in [7, 11) is 0. The van der Waals surface area contributed by atoms with Crippen LogP contribution in [0.5, 0.6) is 0 Å². The minimum absolute atomic E-state index is 0.0816. The fourth-order valence-corrected chi connectivity index (χ4v) is 6.84. The maximum atomic E-state index is 12.5. The first kappa shape index (κ1) is 21.5. The molecule has 1 atom stereocenters. The van der Waals surface area contributed by atoms with Crippen molar-refractivity contribution in [3.05, 3.63) is 99.6 Å². The highest BCUT2D eigenvalue weighted by Gasteiger charge is 2.41. The van der Waals surface area contributed by atoms with Gasteiger partial charge in [0.05, 0.1) is 17.2 Å². The lowest BCUT2D eigenvalue weighted by atomic mass is 9.82. The van der Waals surface area contributed by atoms with Crippen LogP contribution in [0.15, 0.2) is 65.9 Å². The van der Waals surface area contributed by atoms with Gasteiger partial charge in [0.2, 0.25) is 0 Å². The summed E-state index contributed by atoms with van der Waals surface area (Å²) in [6.07, 6.45) is 19.1. The Morgan fingerprint density at radius 3 is 2.56 bits per heavy atom. The second-order valence-corrected chi connectivity index (χ2v) is 10.9. The van der Waals surface area contributed by atoms with Crippen molar-refractivity contribution in [2.75, 3.05) is 0 Å². The van der Waals surface area contributed by atoms with Crippen LogP contribution in [0.1, 0.15) is 66.2 Å². The lowest BCUT2D eigenvalue weighted by molar-refractivity contribution is 0.318. The molecule has 5 nitrogen and oxygen atoms in total. The Labute approximate surface area is 210 Å². The number of aromatic nitrogens is 4. The topological polar surface area (TPSA) is 74.4 Å². The summed E-state index contributed by atoms with van der Waals surface area (Å²) < 4.78 is 0. The number of aryl methyl sites for hydroxylation is 1. The zero-order valence-electron chi connectivity index (χ0n) is 20.6. The minimum Gasteiger partial charge on any atom is -0.346 e. The molecule has 3 aliphatic rings. The van der Waals surface area contributed by atoms with Gasteiger partial charge in [0.15, 0.2) is 0 Å². The number of rotatable bonds is 3. The Morgan fingerprint density at radius 2 is 1.81 bits per heavy atom. The van der Waals surface area contributed by atoms with Crippen molar-refractivity contribution in [3.8, 4) is 11.1 Å². The Balaban J connectivity index is 1.31. The lowest BCUT2D eigenvalue weighted by Crippen LogP contribution is -2.16. The van der Waals surface area contributed by atoms with Gasteiger partial charge in [-0.3, -0.25) is 4.79 Å². The summed E-state index contributed by atoms with van der Waals surface area (Å²) in [5.74, 6) is 1.32. The van der Waals surface area contributed by atoms with E-state index >= 15 is 0 Å². The highest BCUT2D eigenvalue weighted by Crippen LogP contribution is 2.52. The quantitative estimate of drug-likeness (QED) is 0.360. The van der Waals surface area contributed by atoms with E-state index in [-0.39, 0.29) is 5.56 Å². The largest absolute Gasteiger partial charge is 0.346 e. The average molecular weight is 475 g/mol. The highest BCUT2D eigenvalue weighted by atomic mass is 16.1. The maximum Gasteiger partial charge on any atom is 0.258 e. The predicted octanol–water partition coefficient (Wildman–Crippen LogP) is 6.41. The van der Waals surface area contributed by atoms with Crippen molar-refractivity contribution >= 4 is 16.5 Å². The van der Waals surface area contributed by atoms with Gasteiger partial charge in [-0.05, 0) is 90.0 Å². The molecule has 2 heterocycles. The third-order valence-corrected chi connectivity index (χ3v) is 8.68. The van der Waals surface area contributed by atoms with Gasteiger partial charge in [0.1, 0.15) is 5.82 Å². The number of nitrogens with one attached hydrogen (secondary N) is 2. The number of hydrogen-bond acceptors (Lipinski definition) is 3. The third-order valence-electron chi connectivity index (χ3n) is 8.68. The van der Waals surface area contributed by atoms with Crippen molar-refractivity contribution in [1.29, 1.82) is 0 Å². The normalized spacial score (nSPS) is 20.2. The van der Waals surface area contributed by atoms with Crippen LogP contribution in [0.2, 0.25) is 0 Å². The summed E-state index contributed by atoms with van der Waals surface area (Å²) in [5, 5.41) is 0.652. The molecule has 1 unspecified atom stereocenters. The molecular weight excluding hydrogens is 444 g/mol. The van der Waals surface area contributed by atoms with E-state index < -0.39 is 0 Å². The number of fused-ring (bicyclic) bond motifs is 2. The van der Waals surface area contributed by atoms with Gasteiger partial charge < -0.3 is 9.97 Å². The molecule has 1 fully saturated rings. The number of benzene rings is 2. The first-order valence-corrected chi connectivity index (χ1v) is 13.1. The predicted molar refractivity (Wildman–Crippen MR) is 144 cm³/mol. The van der Waals surface area contributed by atoms with E-state index in [0.717, 1.165) is 36.2 Å². The number of allylic oxidation sites excluding steroid dienone is 4. The van der Waals surface area contributed by atoms with E-state index in [2.05, 4.69) is 56.4 Å². The first-order valence-electron chi connectivity index (χ1n) is 13.1. The van der Waals surface area contributed by atoms with Gasteiger partial charge in [-0.1, -0.05) is 49.3 Å². The molecular formula is C31H30N4O. The fourth-order valence-electron chi connectivity index (χ4n) is 6.84. The minimum atomic E-state index is -0.0816. The van der Waals surface area contributed by atoms with Crippen molar-refractivity contribution < 1.29 is 0 Å². The van der Waals surface area contributed by atoms with E-state index in [4.69, 9.17) is 0 Å². The fraction of sp³-hybridized carbons (Fsp3) is 0.323. The Kier molecular flexibility index (Phi) is 4.88. The number of hydrogen-bond donors (Lipinski definition) is 2. The molecule has 2 aromatic carbocycles. The summed E-state index contributed by atoms with van der Waals surface area (Å²) in [4.78, 5) is 27.3. The van der Waals surface area contributed by atoms with Crippen LogP contribution >= 0.6 is 0 Å². The Bertz CT molecular complexity index is 1610. The molecule has 0 amide bonds. The smallest absolute Gasteiger partial charge is 0.258 e. The molecule has 1 spiro atoms. The highest BCUT2D eigenvalue weighted by molar-refractivity contribution is 5.87. The van der Waals surface area contributed by atoms with E-state index in [1.807, 2.05) is 25.3 Å². The summed E-state index contributed by atoms with van der Waals surface area (Å²) in [6, 6.07) is 10.7. The monoisotopic (exact) mass is 474 g/mol. The SMILES string of the molecule is Cc1ncc(C2C=CC(c3ccc(-c4ccc5nc[nH]c(=O)c5c4)c4c3CC3(CCCC3)C4)=CC2)[nH]1. The van der Waals surface area contributed by atoms with Crippen molar-refractivity contribution in [2.45, 2.75) is 57.8 Å². The summed E-state index contributed by atoms with van der Waals surface area (Å²) in [5.41, 5.74) is 10.3. The third kappa shape index (κ3) is 3.48. The average Bonchev–Trinajstić information content (AvgIpc) is 3.64. The summed E-state index contributed by atoms with van der Waals surface area (Å²) >= 11 is 0. The zero-order valence-corrected chi connectivity index (χ0v) is 20.6. The van der Waals surface area contributed by atoms with Gasteiger partial charge in [0, 0.05) is 17.8 Å². The second kappa shape index (κ2) is 8.16. The molecule has 0 radical (unpaired) electrons. The van der Waals surface area contributed by atoms with Crippen LogP contribution in [0.4, 0.5) is 0 Å². The Hall–Kier alpha value is -3.73. The number of H-pyrrole nitrogens is 2.